The van der Waals surface area contributed by atoms with Crippen molar-refractivity contribution in [3.63, 3.8) is 0 Å². The van der Waals surface area contributed by atoms with Gasteiger partial charge in [0.1, 0.15) is 17.2 Å². The van der Waals surface area contributed by atoms with Crippen molar-refractivity contribution in [2.75, 3.05) is 0 Å². The molecule has 0 aliphatic carbocycles. The number of carbonyl (C=O) groups is 2. The third-order valence-electron chi connectivity index (χ3n) is 2.04. The highest BCUT2D eigenvalue weighted by molar-refractivity contribution is 8.18. The molecule has 1 aromatic rings. The number of hydrogen-bond donors (Lipinski definition) is 4. The summed E-state index contributed by atoms with van der Waals surface area (Å²) in [4.78, 5) is 22.2. The fourth-order valence-corrected chi connectivity index (χ4v) is 1.97. The Balaban J connectivity index is 2.46. The van der Waals surface area contributed by atoms with E-state index >= 15 is 0 Å². The summed E-state index contributed by atoms with van der Waals surface area (Å²) in [5.74, 6) is -1.67. The predicted octanol–water partition coefficient (Wildman–Crippen LogP) is 1.13. The van der Waals surface area contributed by atoms with Crippen molar-refractivity contribution in [2.24, 2.45) is 0 Å². The quantitative estimate of drug-likeness (QED) is 0.559. The minimum Gasteiger partial charge on any atom is -0.508 e. The second-order valence-corrected chi connectivity index (χ2v) is 4.26. The topological polar surface area (TPSA) is 107 Å². The first-order valence-corrected chi connectivity index (χ1v) is 5.29. The van der Waals surface area contributed by atoms with E-state index in [1.807, 2.05) is 5.32 Å². The number of thioether (sulfide) groups is 1. The number of amides is 2. The summed E-state index contributed by atoms with van der Waals surface area (Å²) < 4.78 is 0. The number of phenolic OH excluding ortho intramolecular Hbond substituents is 3. The van der Waals surface area contributed by atoms with Crippen molar-refractivity contribution in [2.45, 2.75) is 0 Å². The van der Waals surface area contributed by atoms with Gasteiger partial charge < -0.3 is 15.3 Å². The van der Waals surface area contributed by atoms with E-state index in [0.29, 0.717) is 11.8 Å². The molecule has 0 aromatic heterocycles. The van der Waals surface area contributed by atoms with E-state index in [1.54, 1.807) is 0 Å². The van der Waals surface area contributed by atoms with Crippen molar-refractivity contribution in [3.05, 3.63) is 22.6 Å². The lowest BCUT2D eigenvalue weighted by molar-refractivity contribution is -0.115. The van der Waals surface area contributed by atoms with Crippen LogP contribution in [0.25, 0.3) is 6.08 Å². The number of carbonyl (C=O) groups excluding carboxylic acids is 2. The molecule has 17 heavy (non-hydrogen) atoms. The highest BCUT2D eigenvalue weighted by Crippen LogP contribution is 2.36. The Kier molecular flexibility index (Phi) is 2.68. The molecule has 0 unspecified atom stereocenters. The fourth-order valence-electron chi connectivity index (χ4n) is 1.31. The number of benzene rings is 1. The number of aromatic hydroxyl groups is 3. The first-order valence-electron chi connectivity index (χ1n) is 4.47. The molecule has 4 N–H and O–H groups in total. The molecular formula is C10H7NO5S. The molecule has 0 atom stereocenters. The predicted molar refractivity (Wildman–Crippen MR) is 60.5 cm³/mol. The molecular weight excluding hydrogens is 246 g/mol. The van der Waals surface area contributed by atoms with Crippen molar-refractivity contribution < 1.29 is 24.9 Å². The van der Waals surface area contributed by atoms with E-state index in [-0.39, 0.29) is 27.7 Å². The van der Waals surface area contributed by atoms with Crippen molar-refractivity contribution >= 4 is 29.0 Å². The standard InChI is InChI=1S/C10H7NO5S/c12-4-1-6(13)5(7(14)2-4)3-8-9(15)11-10(16)17-8/h1-3,12-14H,(H,11,15,16)/b8-3-. The summed E-state index contributed by atoms with van der Waals surface area (Å²) in [5.41, 5.74) is -0.0323. The van der Waals surface area contributed by atoms with Crippen LogP contribution in [0.1, 0.15) is 5.56 Å². The molecule has 2 rings (SSSR count). The minimum atomic E-state index is -0.591. The molecule has 2 amide bonds. The van der Waals surface area contributed by atoms with Crippen LogP contribution < -0.4 is 5.32 Å². The van der Waals surface area contributed by atoms with Gasteiger partial charge in [0.2, 0.25) is 0 Å². The second-order valence-electron chi connectivity index (χ2n) is 3.25. The van der Waals surface area contributed by atoms with Crippen molar-refractivity contribution in [3.8, 4) is 17.2 Å². The van der Waals surface area contributed by atoms with Crippen molar-refractivity contribution in [1.29, 1.82) is 0 Å². The Morgan fingerprint density at radius 2 is 1.71 bits per heavy atom. The number of rotatable bonds is 1. The average Bonchev–Trinajstić information content (AvgIpc) is 2.51. The molecule has 1 fully saturated rings. The monoisotopic (exact) mass is 253 g/mol. The summed E-state index contributed by atoms with van der Waals surface area (Å²) in [6.45, 7) is 0. The van der Waals surface area contributed by atoms with Gasteiger partial charge in [0.25, 0.3) is 11.1 Å². The van der Waals surface area contributed by atoms with Crippen LogP contribution in [-0.2, 0) is 4.79 Å². The largest absolute Gasteiger partial charge is 0.508 e. The van der Waals surface area contributed by atoms with E-state index in [4.69, 9.17) is 5.11 Å². The Hall–Kier alpha value is -2.15. The highest BCUT2D eigenvalue weighted by Gasteiger charge is 2.25. The molecule has 1 aromatic carbocycles. The lowest BCUT2D eigenvalue weighted by Gasteiger charge is -2.03. The summed E-state index contributed by atoms with van der Waals surface area (Å²) in [6.07, 6.45) is 1.18. The fraction of sp³-hybridized carbons (Fsp3) is 0. The summed E-state index contributed by atoms with van der Waals surface area (Å²) in [6, 6.07) is 2.04. The number of nitrogens with one attached hydrogen (secondary N) is 1. The summed E-state index contributed by atoms with van der Waals surface area (Å²) in [7, 11) is 0. The molecule has 7 heteroatoms. The van der Waals surface area contributed by atoms with E-state index in [2.05, 4.69) is 0 Å². The van der Waals surface area contributed by atoms with Gasteiger partial charge in [-0.05, 0) is 17.8 Å². The van der Waals surface area contributed by atoms with Gasteiger partial charge in [0, 0.05) is 12.1 Å². The van der Waals surface area contributed by atoms with E-state index in [0.717, 1.165) is 12.1 Å². The Bertz CT molecular complexity index is 529. The van der Waals surface area contributed by atoms with Gasteiger partial charge in [0.15, 0.2) is 0 Å². The Morgan fingerprint density at radius 3 is 2.18 bits per heavy atom. The molecule has 1 aliphatic rings. The molecule has 88 valence electrons. The Morgan fingerprint density at radius 1 is 1.12 bits per heavy atom. The van der Waals surface area contributed by atoms with Gasteiger partial charge in [-0.2, -0.15) is 0 Å². The van der Waals surface area contributed by atoms with Crippen LogP contribution in [-0.4, -0.2) is 26.5 Å². The summed E-state index contributed by atoms with van der Waals surface area (Å²) in [5, 5.41) is 29.6. The number of hydrogen-bond acceptors (Lipinski definition) is 6. The maximum atomic E-state index is 11.2. The van der Waals surface area contributed by atoms with Crippen LogP contribution in [0.3, 0.4) is 0 Å². The zero-order valence-corrected chi connectivity index (χ0v) is 9.11. The minimum absolute atomic E-state index is 0.0323. The molecule has 1 aliphatic heterocycles. The van der Waals surface area contributed by atoms with Crippen LogP contribution in [0.15, 0.2) is 17.0 Å². The normalized spacial score (nSPS) is 17.5. The highest BCUT2D eigenvalue weighted by atomic mass is 32.2. The SMILES string of the molecule is O=C1NC(=O)/C(=C/c2c(O)cc(O)cc2O)S1. The van der Waals surface area contributed by atoms with Gasteiger partial charge in [0.05, 0.1) is 10.5 Å². The molecule has 1 heterocycles. The van der Waals surface area contributed by atoms with Gasteiger partial charge in [-0.1, -0.05) is 0 Å². The zero-order chi connectivity index (χ0) is 12.6. The lowest BCUT2D eigenvalue weighted by Crippen LogP contribution is -2.17. The van der Waals surface area contributed by atoms with Gasteiger partial charge in [-0.15, -0.1) is 0 Å². The van der Waals surface area contributed by atoms with Crippen LogP contribution >= 0.6 is 11.8 Å². The second kappa shape index (κ2) is 4.02. The first kappa shape index (κ1) is 11.3. The maximum absolute atomic E-state index is 11.2. The maximum Gasteiger partial charge on any atom is 0.290 e. The van der Waals surface area contributed by atoms with Gasteiger partial charge >= 0.3 is 0 Å². The molecule has 0 saturated carbocycles. The van der Waals surface area contributed by atoms with Crippen LogP contribution in [0.5, 0.6) is 17.2 Å². The first-order chi connectivity index (χ1) is 7.97. The van der Waals surface area contributed by atoms with Crippen LogP contribution in [0, 0.1) is 0 Å². The van der Waals surface area contributed by atoms with E-state index in [1.165, 1.54) is 6.08 Å². The molecule has 0 spiro atoms. The van der Waals surface area contributed by atoms with Gasteiger partial charge in [-0.25, -0.2) is 0 Å². The third-order valence-corrected chi connectivity index (χ3v) is 2.85. The van der Waals surface area contributed by atoms with Crippen LogP contribution in [0.4, 0.5) is 4.79 Å². The molecule has 6 nitrogen and oxygen atoms in total. The van der Waals surface area contributed by atoms with Crippen LogP contribution in [0.2, 0.25) is 0 Å². The summed E-state index contributed by atoms with van der Waals surface area (Å²) >= 11 is 0.667. The zero-order valence-electron chi connectivity index (χ0n) is 8.30. The number of phenols is 3. The smallest absolute Gasteiger partial charge is 0.290 e. The third kappa shape index (κ3) is 2.18. The average molecular weight is 253 g/mol. The Labute approximate surface area is 99.6 Å². The molecule has 0 radical (unpaired) electrons. The van der Waals surface area contributed by atoms with Gasteiger partial charge in [-0.3, -0.25) is 14.9 Å². The molecule has 1 saturated heterocycles. The number of imide groups is 1. The lowest BCUT2D eigenvalue weighted by atomic mass is 10.1. The van der Waals surface area contributed by atoms with E-state index in [9.17, 15) is 19.8 Å². The van der Waals surface area contributed by atoms with Crippen molar-refractivity contribution in [1.82, 2.24) is 5.32 Å². The molecule has 0 bridgehead atoms. The van der Waals surface area contributed by atoms with E-state index < -0.39 is 11.1 Å².